The maximum absolute atomic E-state index is 13.2. The molecule has 0 saturated heterocycles. The Morgan fingerprint density at radius 1 is 1.39 bits per heavy atom. The first-order valence-corrected chi connectivity index (χ1v) is 5.70. The Labute approximate surface area is 105 Å². The van der Waals surface area contributed by atoms with Gasteiger partial charge in [0.05, 0.1) is 13.3 Å². The average Bonchev–Trinajstić information content (AvgIpc) is 2.68. The Hall–Kier alpha value is -2.04. The smallest absolute Gasteiger partial charge is 0.200 e. The third-order valence-electron chi connectivity index (χ3n) is 3.01. The summed E-state index contributed by atoms with van der Waals surface area (Å²) in [6, 6.07) is 4.53. The van der Waals surface area contributed by atoms with Crippen molar-refractivity contribution in [3.63, 3.8) is 0 Å². The highest BCUT2D eigenvalue weighted by molar-refractivity contribution is 5.34. The van der Waals surface area contributed by atoms with Gasteiger partial charge in [-0.25, -0.2) is 9.37 Å². The third kappa shape index (κ3) is 2.45. The maximum atomic E-state index is 13.2. The van der Waals surface area contributed by atoms with Gasteiger partial charge < -0.3 is 15.0 Å². The van der Waals surface area contributed by atoms with Crippen LogP contribution in [-0.2, 0) is 19.9 Å². The average molecular weight is 249 g/mol. The molecule has 2 aromatic rings. The molecule has 1 aromatic carbocycles. The lowest BCUT2D eigenvalue weighted by atomic mass is 10.1. The maximum Gasteiger partial charge on any atom is 0.200 e. The Kier molecular flexibility index (Phi) is 3.50. The summed E-state index contributed by atoms with van der Waals surface area (Å²) < 4.78 is 20.2. The highest BCUT2D eigenvalue weighted by Gasteiger charge is 2.08. The molecule has 2 rings (SSSR count). The number of aromatic nitrogens is 2. The standard InChI is InChI=1S/C13H16FN3O/c1-17-11(8-16-13(17)15)5-3-9-7-10(14)4-6-12(9)18-2/h4,6-8H,3,5H2,1-2H3,(H2,15,16). The van der Waals surface area contributed by atoms with Crippen LogP contribution in [-0.4, -0.2) is 16.7 Å². The largest absolute Gasteiger partial charge is 0.496 e. The van der Waals surface area contributed by atoms with Crippen LogP contribution in [0.2, 0.25) is 0 Å². The van der Waals surface area contributed by atoms with E-state index in [1.807, 2.05) is 11.6 Å². The first-order chi connectivity index (χ1) is 8.61. The minimum atomic E-state index is -0.254. The number of methoxy groups -OCH3 is 1. The molecule has 0 aliphatic carbocycles. The lowest BCUT2D eigenvalue weighted by Crippen LogP contribution is -2.03. The number of ether oxygens (including phenoxy) is 1. The number of rotatable bonds is 4. The van der Waals surface area contributed by atoms with Crippen molar-refractivity contribution in [1.29, 1.82) is 0 Å². The van der Waals surface area contributed by atoms with Crippen molar-refractivity contribution >= 4 is 5.95 Å². The molecule has 2 N–H and O–H groups in total. The van der Waals surface area contributed by atoms with Crippen LogP contribution in [0.3, 0.4) is 0 Å². The van der Waals surface area contributed by atoms with Gasteiger partial charge in [-0.3, -0.25) is 0 Å². The molecule has 1 heterocycles. The van der Waals surface area contributed by atoms with Crippen molar-refractivity contribution in [1.82, 2.24) is 9.55 Å². The minimum absolute atomic E-state index is 0.254. The molecule has 0 aliphatic rings. The van der Waals surface area contributed by atoms with E-state index >= 15 is 0 Å². The summed E-state index contributed by atoms with van der Waals surface area (Å²) in [7, 11) is 3.44. The fraction of sp³-hybridized carbons (Fsp3) is 0.308. The molecule has 0 spiro atoms. The number of nitrogens with zero attached hydrogens (tertiary/aromatic N) is 2. The van der Waals surface area contributed by atoms with E-state index in [1.54, 1.807) is 19.4 Å². The molecule has 96 valence electrons. The number of anilines is 1. The number of benzene rings is 1. The number of nitrogens with two attached hydrogens (primary N) is 1. The van der Waals surface area contributed by atoms with E-state index in [1.165, 1.54) is 12.1 Å². The van der Waals surface area contributed by atoms with Crippen molar-refractivity contribution in [2.75, 3.05) is 12.8 Å². The van der Waals surface area contributed by atoms with Crippen LogP contribution in [0.4, 0.5) is 10.3 Å². The first kappa shape index (κ1) is 12.4. The second kappa shape index (κ2) is 5.08. The van der Waals surface area contributed by atoms with E-state index in [4.69, 9.17) is 10.5 Å². The molecule has 5 heteroatoms. The van der Waals surface area contributed by atoms with Gasteiger partial charge in [0.15, 0.2) is 5.95 Å². The van der Waals surface area contributed by atoms with Crippen LogP contribution in [0.15, 0.2) is 24.4 Å². The summed E-state index contributed by atoms with van der Waals surface area (Å²) in [6.45, 7) is 0. The van der Waals surface area contributed by atoms with E-state index in [-0.39, 0.29) is 5.82 Å². The quantitative estimate of drug-likeness (QED) is 0.900. The highest BCUT2D eigenvalue weighted by atomic mass is 19.1. The Morgan fingerprint density at radius 3 is 2.78 bits per heavy atom. The molecule has 1 aromatic heterocycles. The Morgan fingerprint density at radius 2 is 2.17 bits per heavy atom. The molecule has 0 bridgehead atoms. The van der Waals surface area contributed by atoms with Gasteiger partial charge in [-0.15, -0.1) is 0 Å². The zero-order valence-electron chi connectivity index (χ0n) is 10.5. The molecule has 0 aliphatic heterocycles. The summed E-state index contributed by atoms with van der Waals surface area (Å²) in [6.07, 6.45) is 3.15. The van der Waals surface area contributed by atoms with Crippen molar-refractivity contribution in [3.05, 3.63) is 41.5 Å². The lowest BCUT2D eigenvalue weighted by molar-refractivity contribution is 0.408. The highest BCUT2D eigenvalue weighted by Crippen LogP contribution is 2.21. The normalized spacial score (nSPS) is 10.6. The zero-order chi connectivity index (χ0) is 13.1. The van der Waals surface area contributed by atoms with E-state index in [9.17, 15) is 4.39 Å². The topological polar surface area (TPSA) is 53.1 Å². The molecular weight excluding hydrogens is 233 g/mol. The van der Waals surface area contributed by atoms with Gasteiger partial charge in [0.25, 0.3) is 0 Å². The van der Waals surface area contributed by atoms with Crippen LogP contribution in [0, 0.1) is 5.82 Å². The first-order valence-electron chi connectivity index (χ1n) is 5.70. The second-order valence-corrected chi connectivity index (χ2v) is 4.12. The molecular formula is C13H16FN3O. The molecule has 0 fully saturated rings. The van der Waals surface area contributed by atoms with Crippen LogP contribution in [0.5, 0.6) is 5.75 Å². The second-order valence-electron chi connectivity index (χ2n) is 4.12. The number of halogens is 1. The summed E-state index contributed by atoms with van der Waals surface area (Å²) in [5.74, 6) is 0.929. The summed E-state index contributed by atoms with van der Waals surface area (Å²) in [4.78, 5) is 4.02. The number of hydrogen-bond donors (Lipinski definition) is 1. The van der Waals surface area contributed by atoms with Gasteiger partial charge >= 0.3 is 0 Å². The zero-order valence-corrected chi connectivity index (χ0v) is 10.5. The molecule has 0 unspecified atom stereocenters. The van der Waals surface area contributed by atoms with Gasteiger partial charge in [-0.1, -0.05) is 0 Å². The van der Waals surface area contributed by atoms with Crippen molar-refractivity contribution in [2.24, 2.45) is 7.05 Å². The lowest BCUT2D eigenvalue weighted by Gasteiger charge is -2.09. The fourth-order valence-electron chi connectivity index (χ4n) is 1.90. The van der Waals surface area contributed by atoms with Crippen LogP contribution in [0.1, 0.15) is 11.3 Å². The number of imidazole rings is 1. The van der Waals surface area contributed by atoms with Crippen molar-refractivity contribution in [2.45, 2.75) is 12.8 Å². The molecule has 0 atom stereocenters. The fourth-order valence-corrected chi connectivity index (χ4v) is 1.90. The SMILES string of the molecule is COc1ccc(F)cc1CCc1cnc(N)n1C. The summed E-state index contributed by atoms with van der Waals surface area (Å²) in [5.41, 5.74) is 7.51. The number of hydrogen-bond acceptors (Lipinski definition) is 3. The van der Waals surface area contributed by atoms with E-state index < -0.39 is 0 Å². The summed E-state index contributed by atoms with van der Waals surface area (Å²) in [5, 5.41) is 0. The van der Waals surface area contributed by atoms with Gasteiger partial charge in [0.2, 0.25) is 0 Å². The van der Waals surface area contributed by atoms with Gasteiger partial charge in [-0.2, -0.15) is 0 Å². The number of aryl methyl sites for hydroxylation is 2. The van der Waals surface area contributed by atoms with E-state index in [2.05, 4.69) is 4.98 Å². The molecule has 4 nitrogen and oxygen atoms in total. The molecule has 0 saturated carbocycles. The Bertz CT molecular complexity index is 551. The van der Waals surface area contributed by atoms with Crippen LogP contribution in [0.25, 0.3) is 0 Å². The molecule has 18 heavy (non-hydrogen) atoms. The van der Waals surface area contributed by atoms with Gasteiger partial charge in [0, 0.05) is 12.7 Å². The minimum Gasteiger partial charge on any atom is -0.496 e. The monoisotopic (exact) mass is 249 g/mol. The van der Waals surface area contributed by atoms with E-state index in [0.29, 0.717) is 18.1 Å². The molecule has 0 amide bonds. The third-order valence-corrected chi connectivity index (χ3v) is 3.01. The van der Waals surface area contributed by atoms with Crippen LogP contribution < -0.4 is 10.5 Å². The van der Waals surface area contributed by atoms with E-state index in [0.717, 1.165) is 17.7 Å². The van der Waals surface area contributed by atoms with Crippen molar-refractivity contribution in [3.8, 4) is 5.75 Å². The van der Waals surface area contributed by atoms with Gasteiger partial charge in [-0.05, 0) is 36.6 Å². The summed E-state index contributed by atoms with van der Waals surface area (Å²) >= 11 is 0. The number of nitrogen functional groups attached to an aromatic ring is 1. The van der Waals surface area contributed by atoms with Crippen molar-refractivity contribution < 1.29 is 9.13 Å². The Balaban J connectivity index is 2.15. The molecule has 0 radical (unpaired) electrons. The van der Waals surface area contributed by atoms with Gasteiger partial charge in [0.1, 0.15) is 11.6 Å². The predicted molar refractivity (Wildman–Crippen MR) is 68.0 cm³/mol. The van der Waals surface area contributed by atoms with Crippen LogP contribution >= 0.6 is 0 Å². The predicted octanol–water partition coefficient (Wildman–Crippen LogP) is 1.94.